The van der Waals surface area contributed by atoms with Crippen LogP contribution in [0.4, 0.5) is 0 Å². The maximum Gasteiger partial charge on any atom is 0.239 e. The number of hydrogen-bond donors (Lipinski definition) is 0. The van der Waals surface area contributed by atoms with Gasteiger partial charge in [-0.25, -0.2) is 0 Å². The predicted molar refractivity (Wildman–Crippen MR) is 89.4 cm³/mol. The summed E-state index contributed by atoms with van der Waals surface area (Å²) in [5.74, 6) is 1.83. The number of ether oxygens (including phenoxy) is 2. The van der Waals surface area contributed by atoms with Crippen LogP contribution in [0.2, 0.25) is 0 Å². The fourth-order valence-corrected chi connectivity index (χ4v) is 3.48. The van der Waals surface area contributed by atoms with Gasteiger partial charge in [0.1, 0.15) is 22.1 Å². The number of nitrogens with zero attached hydrogens (tertiary/aromatic N) is 2. The van der Waals surface area contributed by atoms with Crippen molar-refractivity contribution in [3.63, 3.8) is 0 Å². The summed E-state index contributed by atoms with van der Waals surface area (Å²) >= 11 is 0. The Morgan fingerprint density at radius 1 is 1.00 bits per heavy atom. The van der Waals surface area contributed by atoms with Crippen LogP contribution in [0.15, 0.2) is 57.9 Å². The van der Waals surface area contributed by atoms with Crippen LogP contribution in [0.1, 0.15) is 5.89 Å². The van der Waals surface area contributed by atoms with Crippen molar-refractivity contribution in [1.29, 1.82) is 0 Å². The Hall–Kier alpha value is -2.67. The van der Waals surface area contributed by atoms with Gasteiger partial charge in [0.05, 0.1) is 25.0 Å². The molecule has 1 aromatic heterocycles. The van der Waals surface area contributed by atoms with E-state index in [9.17, 15) is 4.21 Å². The summed E-state index contributed by atoms with van der Waals surface area (Å²) in [5.41, 5.74) is 0.841. The van der Waals surface area contributed by atoms with Gasteiger partial charge in [0.25, 0.3) is 0 Å². The van der Waals surface area contributed by atoms with Gasteiger partial charge < -0.3 is 14.0 Å². The third kappa shape index (κ3) is 3.30. The highest BCUT2D eigenvalue weighted by molar-refractivity contribution is 7.84. The molecule has 6 nitrogen and oxygen atoms in total. The van der Waals surface area contributed by atoms with E-state index in [0.29, 0.717) is 28.1 Å². The van der Waals surface area contributed by atoms with Crippen LogP contribution < -0.4 is 9.47 Å². The van der Waals surface area contributed by atoms with Gasteiger partial charge in [-0.15, -0.1) is 0 Å². The average Bonchev–Trinajstić information content (AvgIpc) is 3.10. The number of rotatable bonds is 6. The van der Waals surface area contributed by atoms with E-state index in [1.165, 1.54) is 14.2 Å². The molecule has 2 aromatic carbocycles. The Morgan fingerprint density at radius 2 is 1.67 bits per heavy atom. The molecule has 0 aliphatic rings. The molecule has 0 N–H and O–H groups in total. The average molecular weight is 344 g/mol. The summed E-state index contributed by atoms with van der Waals surface area (Å²) in [5, 5.41) is 3.94. The van der Waals surface area contributed by atoms with Gasteiger partial charge >= 0.3 is 0 Å². The Morgan fingerprint density at radius 3 is 2.29 bits per heavy atom. The second-order valence-corrected chi connectivity index (χ2v) is 6.25. The van der Waals surface area contributed by atoms with Crippen LogP contribution in [-0.4, -0.2) is 28.6 Å². The van der Waals surface area contributed by atoms with E-state index in [4.69, 9.17) is 14.0 Å². The SMILES string of the molecule is COc1cccc(OC)c1S(=O)Cc1nc(-c2ccccc2)no1. The number of aromatic nitrogens is 2. The van der Waals surface area contributed by atoms with Crippen LogP contribution in [0.3, 0.4) is 0 Å². The van der Waals surface area contributed by atoms with Crippen molar-refractivity contribution < 1.29 is 18.2 Å². The van der Waals surface area contributed by atoms with Crippen molar-refractivity contribution in [3.05, 3.63) is 54.4 Å². The Labute approximate surface area is 141 Å². The molecule has 0 aliphatic carbocycles. The van der Waals surface area contributed by atoms with E-state index in [1.54, 1.807) is 18.2 Å². The zero-order chi connectivity index (χ0) is 16.9. The highest BCUT2D eigenvalue weighted by Crippen LogP contribution is 2.32. The van der Waals surface area contributed by atoms with Gasteiger partial charge in [-0.1, -0.05) is 41.6 Å². The summed E-state index contributed by atoms with van der Waals surface area (Å²) < 4.78 is 28.5. The first-order valence-corrected chi connectivity index (χ1v) is 8.52. The van der Waals surface area contributed by atoms with Crippen molar-refractivity contribution in [2.75, 3.05) is 14.2 Å². The molecular weight excluding hydrogens is 328 g/mol. The highest BCUT2D eigenvalue weighted by atomic mass is 32.2. The number of benzene rings is 2. The fraction of sp³-hybridized carbons (Fsp3) is 0.176. The van der Waals surface area contributed by atoms with Crippen LogP contribution in [0.5, 0.6) is 11.5 Å². The van der Waals surface area contributed by atoms with E-state index in [2.05, 4.69) is 10.1 Å². The Kier molecular flexibility index (Phi) is 4.90. The normalized spacial score (nSPS) is 11.9. The zero-order valence-corrected chi connectivity index (χ0v) is 14.1. The first kappa shape index (κ1) is 16.2. The smallest absolute Gasteiger partial charge is 0.239 e. The van der Waals surface area contributed by atoms with Gasteiger partial charge in [-0.2, -0.15) is 4.98 Å². The zero-order valence-electron chi connectivity index (χ0n) is 13.3. The maximum atomic E-state index is 12.7. The molecule has 0 fully saturated rings. The van der Waals surface area contributed by atoms with Gasteiger partial charge in [0.15, 0.2) is 0 Å². The molecule has 124 valence electrons. The molecule has 0 spiro atoms. The lowest BCUT2D eigenvalue weighted by Gasteiger charge is -2.11. The molecule has 3 aromatic rings. The molecule has 1 unspecified atom stereocenters. The largest absolute Gasteiger partial charge is 0.495 e. The van der Waals surface area contributed by atoms with Gasteiger partial charge in [0, 0.05) is 5.56 Å². The quantitative estimate of drug-likeness (QED) is 0.684. The standard InChI is InChI=1S/C17H16N2O4S/c1-21-13-9-6-10-14(22-2)16(13)24(20)11-15-18-17(19-23-15)12-7-4-3-5-8-12/h3-10H,11H2,1-2H3. The Balaban J connectivity index is 1.85. The van der Waals surface area contributed by atoms with E-state index < -0.39 is 10.8 Å². The molecule has 24 heavy (non-hydrogen) atoms. The topological polar surface area (TPSA) is 74.5 Å². The van der Waals surface area contributed by atoms with Crippen molar-refractivity contribution in [1.82, 2.24) is 10.1 Å². The molecule has 0 saturated heterocycles. The minimum atomic E-state index is -1.45. The first-order chi connectivity index (χ1) is 11.7. The Bertz CT molecular complexity index is 827. The molecule has 3 rings (SSSR count). The van der Waals surface area contributed by atoms with Crippen molar-refractivity contribution in [2.24, 2.45) is 0 Å². The second kappa shape index (κ2) is 7.27. The fourth-order valence-electron chi connectivity index (χ4n) is 2.24. The molecule has 1 atom stereocenters. The molecular formula is C17H16N2O4S. The van der Waals surface area contributed by atoms with E-state index in [-0.39, 0.29) is 5.75 Å². The summed E-state index contributed by atoms with van der Waals surface area (Å²) in [6.45, 7) is 0. The third-order valence-electron chi connectivity index (χ3n) is 3.36. The predicted octanol–water partition coefficient (Wildman–Crippen LogP) is 3.06. The molecule has 7 heteroatoms. The van der Waals surface area contributed by atoms with Crippen LogP contribution in [-0.2, 0) is 16.6 Å². The lowest BCUT2D eigenvalue weighted by atomic mass is 10.2. The van der Waals surface area contributed by atoms with Gasteiger partial charge in [0.2, 0.25) is 11.7 Å². The first-order valence-electron chi connectivity index (χ1n) is 7.20. The molecule has 1 heterocycles. The van der Waals surface area contributed by atoms with Gasteiger partial charge in [-0.3, -0.25) is 4.21 Å². The minimum absolute atomic E-state index is 0.0799. The summed E-state index contributed by atoms with van der Waals surface area (Å²) in [4.78, 5) is 4.78. The summed E-state index contributed by atoms with van der Waals surface area (Å²) in [6.07, 6.45) is 0. The van der Waals surface area contributed by atoms with Gasteiger partial charge in [-0.05, 0) is 12.1 Å². The van der Waals surface area contributed by atoms with Crippen molar-refractivity contribution in [2.45, 2.75) is 10.6 Å². The lowest BCUT2D eigenvalue weighted by Crippen LogP contribution is -2.02. The van der Waals surface area contributed by atoms with Crippen LogP contribution in [0.25, 0.3) is 11.4 Å². The van der Waals surface area contributed by atoms with E-state index >= 15 is 0 Å². The van der Waals surface area contributed by atoms with Crippen molar-refractivity contribution >= 4 is 10.8 Å². The van der Waals surface area contributed by atoms with Crippen molar-refractivity contribution in [3.8, 4) is 22.9 Å². The van der Waals surface area contributed by atoms with Crippen LogP contribution >= 0.6 is 0 Å². The van der Waals surface area contributed by atoms with Crippen LogP contribution in [0, 0.1) is 0 Å². The third-order valence-corrected chi connectivity index (χ3v) is 4.73. The monoisotopic (exact) mass is 344 g/mol. The summed E-state index contributed by atoms with van der Waals surface area (Å²) in [6, 6.07) is 14.7. The number of methoxy groups -OCH3 is 2. The summed E-state index contributed by atoms with van der Waals surface area (Å²) in [7, 11) is 1.60. The molecule has 0 bridgehead atoms. The highest BCUT2D eigenvalue weighted by Gasteiger charge is 2.20. The lowest BCUT2D eigenvalue weighted by molar-refractivity contribution is 0.374. The molecule has 0 aliphatic heterocycles. The minimum Gasteiger partial charge on any atom is -0.495 e. The van der Waals surface area contributed by atoms with E-state index in [1.807, 2.05) is 30.3 Å². The number of hydrogen-bond acceptors (Lipinski definition) is 6. The van der Waals surface area contributed by atoms with E-state index in [0.717, 1.165) is 5.56 Å². The molecule has 0 amide bonds. The molecule has 0 saturated carbocycles. The second-order valence-electron chi connectivity index (χ2n) is 4.86. The maximum absolute atomic E-state index is 12.7. The molecule has 0 radical (unpaired) electrons.